The van der Waals surface area contributed by atoms with Gasteiger partial charge in [0.25, 0.3) is 5.91 Å². The molecule has 1 radical (unpaired) electrons. The van der Waals surface area contributed by atoms with E-state index >= 15 is 0 Å². The van der Waals surface area contributed by atoms with Crippen LogP contribution in [0.2, 0.25) is 0 Å². The van der Waals surface area contributed by atoms with Gasteiger partial charge in [-0.25, -0.2) is 0 Å². The molecule has 77 valence electrons. The standard InChI is InChI=1S/C10H10N3O2/c1-7(14)9(10(11)15)13-12-8-5-3-2-4-6-8/h2-6,9,11H,1H3. The summed E-state index contributed by atoms with van der Waals surface area (Å²) in [6.45, 7) is 1.21. The topological polar surface area (TPSA) is 82.7 Å². The van der Waals surface area contributed by atoms with Crippen LogP contribution in [0.4, 0.5) is 5.69 Å². The molecule has 15 heavy (non-hydrogen) atoms. The zero-order valence-corrected chi connectivity index (χ0v) is 8.18. The maximum atomic E-state index is 10.9. The van der Waals surface area contributed by atoms with Crippen LogP contribution in [0.3, 0.4) is 0 Å². The van der Waals surface area contributed by atoms with E-state index in [0.29, 0.717) is 5.69 Å². The first-order valence-corrected chi connectivity index (χ1v) is 4.33. The average molecular weight is 204 g/mol. The van der Waals surface area contributed by atoms with Crippen LogP contribution in [0, 0.1) is 0 Å². The second kappa shape index (κ2) is 4.99. The van der Waals surface area contributed by atoms with Gasteiger partial charge in [-0.05, 0) is 19.1 Å². The minimum absolute atomic E-state index is 0.477. The molecule has 1 aromatic rings. The average Bonchev–Trinajstić information content (AvgIpc) is 2.18. The van der Waals surface area contributed by atoms with Gasteiger partial charge >= 0.3 is 0 Å². The van der Waals surface area contributed by atoms with E-state index in [-0.39, 0.29) is 0 Å². The van der Waals surface area contributed by atoms with Crippen molar-refractivity contribution in [3.8, 4) is 0 Å². The predicted octanol–water partition coefficient (Wildman–Crippen LogP) is 1.54. The Morgan fingerprint density at radius 2 is 1.87 bits per heavy atom. The van der Waals surface area contributed by atoms with E-state index in [0.717, 1.165) is 0 Å². The van der Waals surface area contributed by atoms with Crippen molar-refractivity contribution in [3.63, 3.8) is 0 Å². The quantitative estimate of drug-likeness (QED) is 0.550. The summed E-state index contributed by atoms with van der Waals surface area (Å²) in [6, 6.07) is 7.42. The first-order valence-electron chi connectivity index (χ1n) is 4.33. The number of rotatable bonds is 4. The molecule has 0 fully saturated rings. The molecular formula is C10H10N3O2. The normalized spacial score (nSPS) is 12.6. The molecule has 0 aliphatic carbocycles. The van der Waals surface area contributed by atoms with Crippen molar-refractivity contribution in [3.05, 3.63) is 30.3 Å². The van der Waals surface area contributed by atoms with Crippen molar-refractivity contribution in [2.75, 3.05) is 0 Å². The first-order chi connectivity index (χ1) is 7.11. The third-order valence-electron chi connectivity index (χ3n) is 1.68. The van der Waals surface area contributed by atoms with Crippen LogP contribution in [0.5, 0.6) is 0 Å². The van der Waals surface area contributed by atoms with Gasteiger partial charge in [0.1, 0.15) is 0 Å². The molecule has 0 aliphatic heterocycles. The lowest BCUT2D eigenvalue weighted by Gasteiger charge is -2.00. The summed E-state index contributed by atoms with van der Waals surface area (Å²) in [4.78, 5) is 21.6. The van der Waals surface area contributed by atoms with Crippen LogP contribution in [0.25, 0.3) is 0 Å². The fourth-order valence-corrected chi connectivity index (χ4v) is 0.937. The Labute approximate surface area is 87.0 Å². The summed E-state index contributed by atoms with van der Waals surface area (Å²) in [5.74, 6) is -1.52. The summed E-state index contributed by atoms with van der Waals surface area (Å²) in [6.07, 6.45) is 0. The van der Waals surface area contributed by atoms with E-state index in [2.05, 4.69) is 10.2 Å². The molecule has 5 heteroatoms. The van der Waals surface area contributed by atoms with E-state index in [4.69, 9.17) is 5.73 Å². The molecular weight excluding hydrogens is 194 g/mol. The van der Waals surface area contributed by atoms with Crippen molar-refractivity contribution >= 4 is 17.4 Å². The van der Waals surface area contributed by atoms with E-state index < -0.39 is 17.7 Å². The second-order valence-corrected chi connectivity index (χ2v) is 2.93. The zero-order valence-electron chi connectivity index (χ0n) is 8.18. The molecule has 1 unspecified atom stereocenters. The van der Waals surface area contributed by atoms with Gasteiger partial charge in [0.15, 0.2) is 5.78 Å². The Morgan fingerprint density at radius 1 is 1.27 bits per heavy atom. The predicted molar refractivity (Wildman–Crippen MR) is 53.5 cm³/mol. The van der Waals surface area contributed by atoms with E-state index in [1.165, 1.54) is 6.92 Å². The molecule has 0 bridgehead atoms. The van der Waals surface area contributed by atoms with Gasteiger partial charge in [-0.2, -0.15) is 10.2 Å². The maximum Gasteiger partial charge on any atom is 0.272 e. The molecule has 0 spiro atoms. The summed E-state index contributed by atoms with van der Waals surface area (Å²) in [5, 5.41) is 7.24. The fraction of sp³-hybridized carbons (Fsp3) is 0.200. The highest BCUT2D eigenvalue weighted by Gasteiger charge is 2.20. The third kappa shape index (κ3) is 3.30. The molecule has 0 aromatic heterocycles. The van der Waals surface area contributed by atoms with Crippen LogP contribution in [0.1, 0.15) is 6.92 Å². The maximum absolute atomic E-state index is 10.9. The van der Waals surface area contributed by atoms with Crippen LogP contribution >= 0.6 is 0 Å². The molecule has 5 nitrogen and oxygen atoms in total. The number of azo groups is 1. The largest absolute Gasteiger partial charge is 0.297 e. The summed E-state index contributed by atoms with van der Waals surface area (Å²) in [5.41, 5.74) is 7.36. The van der Waals surface area contributed by atoms with Crippen molar-refractivity contribution in [2.24, 2.45) is 10.2 Å². The van der Waals surface area contributed by atoms with Crippen molar-refractivity contribution in [1.82, 2.24) is 5.73 Å². The lowest BCUT2D eigenvalue weighted by molar-refractivity contribution is -0.127. The highest BCUT2D eigenvalue weighted by molar-refractivity contribution is 6.03. The number of amides is 1. The Balaban J connectivity index is 2.79. The van der Waals surface area contributed by atoms with Crippen LogP contribution < -0.4 is 5.73 Å². The van der Waals surface area contributed by atoms with Crippen molar-refractivity contribution < 1.29 is 9.59 Å². The van der Waals surface area contributed by atoms with Crippen LogP contribution in [-0.4, -0.2) is 17.7 Å². The highest BCUT2D eigenvalue weighted by atomic mass is 16.2. The molecule has 0 saturated heterocycles. The Bertz CT molecular complexity index is 373. The van der Waals surface area contributed by atoms with E-state index in [9.17, 15) is 9.59 Å². The van der Waals surface area contributed by atoms with Gasteiger partial charge in [-0.1, -0.05) is 18.2 Å². The number of ketones is 1. The van der Waals surface area contributed by atoms with Gasteiger partial charge in [-0.15, -0.1) is 0 Å². The molecule has 1 rings (SSSR count). The number of nitrogens with one attached hydrogen (secondary N) is 1. The Morgan fingerprint density at radius 3 is 2.33 bits per heavy atom. The van der Waals surface area contributed by atoms with Gasteiger partial charge in [0, 0.05) is 0 Å². The van der Waals surface area contributed by atoms with Gasteiger partial charge in [0.05, 0.1) is 5.69 Å². The van der Waals surface area contributed by atoms with E-state index in [1.807, 2.05) is 6.07 Å². The first kappa shape index (κ1) is 11.0. The van der Waals surface area contributed by atoms with Crippen LogP contribution in [0.15, 0.2) is 40.6 Å². The summed E-state index contributed by atoms with van der Waals surface area (Å²) in [7, 11) is 0. The van der Waals surface area contributed by atoms with Gasteiger partial charge in [-0.3, -0.25) is 15.3 Å². The molecule has 0 aliphatic rings. The number of nitrogens with zero attached hydrogens (tertiary/aromatic N) is 2. The van der Waals surface area contributed by atoms with Crippen molar-refractivity contribution in [1.29, 1.82) is 0 Å². The number of benzene rings is 1. The zero-order chi connectivity index (χ0) is 11.3. The lowest BCUT2D eigenvalue weighted by Crippen LogP contribution is -2.26. The third-order valence-corrected chi connectivity index (χ3v) is 1.68. The number of Topliss-reactive ketones (excluding diaryl/α,β-unsaturated/α-hetero) is 1. The van der Waals surface area contributed by atoms with Gasteiger partial charge < -0.3 is 0 Å². The fourth-order valence-electron chi connectivity index (χ4n) is 0.937. The molecule has 1 amide bonds. The van der Waals surface area contributed by atoms with Gasteiger partial charge in [0.2, 0.25) is 6.04 Å². The molecule has 1 atom stereocenters. The molecule has 1 N–H and O–H groups in total. The number of carbonyl (C=O) groups excluding carboxylic acids is 2. The monoisotopic (exact) mass is 204 g/mol. The van der Waals surface area contributed by atoms with E-state index in [1.54, 1.807) is 24.3 Å². The molecule has 0 heterocycles. The summed E-state index contributed by atoms with van der Waals surface area (Å²) < 4.78 is 0. The molecule has 0 saturated carbocycles. The smallest absolute Gasteiger partial charge is 0.272 e. The number of hydrogen-bond acceptors (Lipinski definition) is 4. The highest BCUT2D eigenvalue weighted by Crippen LogP contribution is 2.11. The van der Waals surface area contributed by atoms with Crippen LogP contribution in [-0.2, 0) is 9.59 Å². The lowest BCUT2D eigenvalue weighted by atomic mass is 10.2. The number of hydrogen-bond donors (Lipinski definition) is 0. The minimum atomic E-state index is -1.30. The minimum Gasteiger partial charge on any atom is -0.297 e. The Hall–Kier alpha value is -2.04. The second-order valence-electron chi connectivity index (χ2n) is 2.93. The Kier molecular flexibility index (Phi) is 3.68. The number of carbonyl (C=O) groups is 2. The van der Waals surface area contributed by atoms with Crippen molar-refractivity contribution in [2.45, 2.75) is 13.0 Å². The summed E-state index contributed by atoms with van der Waals surface area (Å²) >= 11 is 0. The molecule has 1 aromatic carbocycles. The SMILES string of the molecule is CC(=O)C(N=Nc1ccccc1)C([NH])=O.